The van der Waals surface area contributed by atoms with Gasteiger partial charge < -0.3 is 5.32 Å². The summed E-state index contributed by atoms with van der Waals surface area (Å²) < 4.78 is 0. The van der Waals surface area contributed by atoms with Crippen molar-refractivity contribution in [2.24, 2.45) is 5.92 Å². The second kappa shape index (κ2) is 8.50. The monoisotopic (exact) mass is 330 g/mol. The van der Waals surface area contributed by atoms with Crippen LogP contribution < -0.4 is 5.32 Å². The molecular formula is C18H19ClN2O2. The number of hydrogen-bond acceptors (Lipinski definition) is 3. The van der Waals surface area contributed by atoms with Crippen molar-refractivity contribution in [1.82, 2.24) is 5.32 Å². The Morgan fingerprint density at radius 1 is 1.22 bits per heavy atom. The third-order valence-corrected chi connectivity index (χ3v) is 4.19. The second-order valence-electron chi connectivity index (χ2n) is 5.69. The summed E-state index contributed by atoms with van der Waals surface area (Å²) in [4.78, 5) is 24.2. The Hall–Kier alpha value is -2.12. The number of allylic oxidation sites excluding steroid dienone is 1. The first-order valence-corrected chi connectivity index (χ1v) is 8.15. The van der Waals surface area contributed by atoms with Crippen LogP contribution in [0.15, 0.2) is 30.3 Å². The van der Waals surface area contributed by atoms with E-state index in [0.29, 0.717) is 5.02 Å². The number of benzene rings is 1. The highest BCUT2D eigenvalue weighted by Gasteiger charge is 2.27. The van der Waals surface area contributed by atoms with Crippen molar-refractivity contribution in [2.75, 3.05) is 0 Å². The molecule has 4 nitrogen and oxygen atoms in total. The number of nitrogens with one attached hydrogen (secondary N) is 1. The number of carbonyl (C=O) groups is 2. The first kappa shape index (κ1) is 17.2. The zero-order valence-electron chi connectivity index (χ0n) is 12.8. The summed E-state index contributed by atoms with van der Waals surface area (Å²) in [5.74, 6) is -2.29. The van der Waals surface area contributed by atoms with Gasteiger partial charge in [0.1, 0.15) is 0 Å². The van der Waals surface area contributed by atoms with Gasteiger partial charge in [-0.1, -0.05) is 49.1 Å². The zero-order chi connectivity index (χ0) is 16.7. The average molecular weight is 331 g/mol. The molecule has 0 saturated heterocycles. The number of nitriles is 1. The minimum Gasteiger partial charge on any atom is -0.352 e. The van der Waals surface area contributed by atoms with E-state index in [1.54, 1.807) is 36.4 Å². The van der Waals surface area contributed by atoms with Gasteiger partial charge in [0.25, 0.3) is 0 Å². The van der Waals surface area contributed by atoms with Gasteiger partial charge in [0, 0.05) is 11.1 Å². The fraction of sp³-hybridized carbons (Fsp3) is 0.389. The molecular weight excluding hydrogens is 312 g/mol. The number of rotatable bonds is 5. The highest BCUT2D eigenvalue weighted by atomic mass is 35.5. The average Bonchev–Trinajstić information content (AvgIpc) is 2.56. The van der Waals surface area contributed by atoms with Crippen LogP contribution in [0, 0.1) is 17.2 Å². The van der Waals surface area contributed by atoms with Crippen LogP contribution in [0.5, 0.6) is 0 Å². The maximum atomic E-state index is 12.1. The van der Waals surface area contributed by atoms with E-state index >= 15 is 0 Å². The lowest BCUT2D eigenvalue weighted by Gasteiger charge is -2.23. The van der Waals surface area contributed by atoms with Crippen LogP contribution in [0.2, 0.25) is 5.02 Å². The molecule has 0 heterocycles. The van der Waals surface area contributed by atoms with E-state index in [4.69, 9.17) is 16.9 Å². The van der Waals surface area contributed by atoms with Crippen LogP contribution >= 0.6 is 11.6 Å². The number of nitrogens with zero attached hydrogens (tertiary/aromatic N) is 1. The van der Waals surface area contributed by atoms with Crippen molar-refractivity contribution < 1.29 is 9.59 Å². The van der Waals surface area contributed by atoms with E-state index in [0.717, 1.165) is 31.2 Å². The largest absolute Gasteiger partial charge is 0.352 e. The van der Waals surface area contributed by atoms with Crippen molar-refractivity contribution in [2.45, 2.75) is 38.1 Å². The van der Waals surface area contributed by atoms with Gasteiger partial charge in [0.2, 0.25) is 5.91 Å². The predicted octanol–water partition coefficient (Wildman–Crippen LogP) is 3.51. The van der Waals surface area contributed by atoms with E-state index in [9.17, 15) is 9.59 Å². The highest BCUT2D eigenvalue weighted by molar-refractivity contribution is 6.30. The Morgan fingerprint density at radius 3 is 2.48 bits per heavy atom. The van der Waals surface area contributed by atoms with Gasteiger partial charge >= 0.3 is 0 Å². The molecule has 1 aromatic rings. The first-order chi connectivity index (χ1) is 11.1. The molecule has 1 aromatic carbocycles. The SMILES string of the molecule is N#C[C@@H](C(=O)/C=C\c1ccc(Cl)cc1)C(=O)NC1CCCCC1. The van der Waals surface area contributed by atoms with E-state index < -0.39 is 17.6 Å². The molecule has 0 spiro atoms. The minimum atomic E-state index is -1.29. The van der Waals surface area contributed by atoms with E-state index in [1.165, 1.54) is 12.5 Å². The normalized spacial score (nSPS) is 16.7. The van der Waals surface area contributed by atoms with Crippen LogP contribution in [0.3, 0.4) is 0 Å². The molecule has 2 rings (SSSR count). The summed E-state index contributed by atoms with van der Waals surface area (Å²) >= 11 is 5.79. The zero-order valence-corrected chi connectivity index (χ0v) is 13.6. The molecule has 0 aromatic heterocycles. The standard InChI is InChI=1S/C18H19ClN2O2/c19-14-9-6-13(7-10-14)8-11-17(22)16(12-20)18(23)21-15-4-2-1-3-5-15/h6-11,15-16H,1-5H2,(H,21,23)/b11-8-/t16-/m0/s1. The van der Waals surface area contributed by atoms with Crippen LogP contribution in [-0.4, -0.2) is 17.7 Å². The van der Waals surface area contributed by atoms with Gasteiger partial charge in [-0.2, -0.15) is 5.26 Å². The second-order valence-corrected chi connectivity index (χ2v) is 6.13. The van der Waals surface area contributed by atoms with Crippen LogP contribution in [0.4, 0.5) is 0 Å². The summed E-state index contributed by atoms with van der Waals surface area (Å²) in [7, 11) is 0. The summed E-state index contributed by atoms with van der Waals surface area (Å²) in [5.41, 5.74) is 0.784. The molecule has 120 valence electrons. The fourth-order valence-corrected chi connectivity index (χ4v) is 2.76. The summed E-state index contributed by atoms with van der Waals surface area (Å²) in [6.07, 6.45) is 8.02. The summed E-state index contributed by atoms with van der Waals surface area (Å²) in [6.45, 7) is 0. The molecule has 1 amide bonds. The van der Waals surface area contributed by atoms with Crippen molar-refractivity contribution >= 4 is 29.4 Å². The Kier molecular flexibility index (Phi) is 6.37. The maximum Gasteiger partial charge on any atom is 0.245 e. The Labute approximate surface area is 141 Å². The van der Waals surface area contributed by atoms with E-state index in [2.05, 4.69) is 5.32 Å². The highest BCUT2D eigenvalue weighted by Crippen LogP contribution is 2.18. The number of ketones is 1. The lowest BCUT2D eigenvalue weighted by molar-refractivity contribution is -0.130. The van der Waals surface area contributed by atoms with Gasteiger partial charge in [-0.3, -0.25) is 9.59 Å². The smallest absolute Gasteiger partial charge is 0.245 e. The molecule has 1 aliphatic rings. The molecule has 1 N–H and O–H groups in total. The van der Waals surface area contributed by atoms with Gasteiger partial charge in [-0.05, 0) is 36.6 Å². The first-order valence-electron chi connectivity index (χ1n) is 7.77. The van der Waals surface area contributed by atoms with Gasteiger partial charge in [0.15, 0.2) is 11.7 Å². The molecule has 0 bridgehead atoms. The molecule has 5 heteroatoms. The molecule has 23 heavy (non-hydrogen) atoms. The van der Waals surface area contributed by atoms with Gasteiger partial charge in [-0.25, -0.2) is 0 Å². The van der Waals surface area contributed by atoms with Crippen LogP contribution in [-0.2, 0) is 9.59 Å². The molecule has 1 saturated carbocycles. The van der Waals surface area contributed by atoms with Crippen molar-refractivity contribution in [3.8, 4) is 6.07 Å². The molecule has 0 aliphatic heterocycles. The fourth-order valence-electron chi connectivity index (χ4n) is 2.63. The Balaban J connectivity index is 1.95. The van der Waals surface area contributed by atoms with Gasteiger partial charge in [0.05, 0.1) is 6.07 Å². The van der Waals surface area contributed by atoms with E-state index in [-0.39, 0.29) is 6.04 Å². The molecule has 1 atom stereocenters. The third kappa shape index (κ3) is 5.22. The van der Waals surface area contributed by atoms with E-state index in [1.807, 2.05) is 0 Å². The lowest BCUT2D eigenvalue weighted by Crippen LogP contribution is -2.41. The van der Waals surface area contributed by atoms with Gasteiger partial charge in [-0.15, -0.1) is 0 Å². The molecule has 1 aliphatic carbocycles. The van der Waals surface area contributed by atoms with Crippen LogP contribution in [0.25, 0.3) is 6.08 Å². The topological polar surface area (TPSA) is 70.0 Å². The summed E-state index contributed by atoms with van der Waals surface area (Å²) in [5, 5.41) is 12.6. The predicted molar refractivity (Wildman–Crippen MR) is 89.6 cm³/mol. The maximum absolute atomic E-state index is 12.1. The third-order valence-electron chi connectivity index (χ3n) is 3.94. The lowest BCUT2D eigenvalue weighted by atomic mass is 9.94. The van der Waals surface area contributed by atoms with Crippen molar-refractivity contribution in [1.29, 1.82) is 5.26 Å². The number of carbonyl (C=O) groups excluding carboxylic acids is 2. The molecule has 1 fully saturated rings. The summed E-state index contributed by atoms with van der Waals surface area (Å²) in [6, 6.07) is 8.83. The van der Waals surface area contributed by atoms with Crippen molar-refractivity contribution in [3.63, 3.8) is 0 Å². The minimum absolute atomic E-state index is 0.0835. The Morgan fingerprint density at radius 2 is 1.87 bits per heavy atom. The number of halogens is 1. The Bertz CT molecular complexity index is 625. The van der Waals surface area contributed by atoms with Crippen LogP contribution in [0.1, 0.15) is 37.7 Å². The molecule has 0 unspecified atom stereocenters. The van der Waals surface area contributed by atoms with Crippen molar-refractivity contribution in [3.05, 3.63) is 40.9 Å². The quantitative estimate of drug-likeness (QED) is 0.663. The number of amides is 1. The number of hydrogen-bond donors (Lipinski definition) is 1. The molecule has 0 radical (unpaired) electrons.